The van der Waals surface area contributed by atoms with Gasteiger partial charge in [-0.1, -0.05) is 37.3 Å². The summed E-state index contributed by atoms with van der Waals surface area (Å²) in [6.45, 7) is 3.11. The summed E-state index contributed by atoms with van der Waals surface area (Å²) in [5.41, 5.74) is 1.12. The Bertz CT molecular complexity index is 385. The largest absolute Gasteiger partial charge is 0.312 e. The highest BCUT2D eigenvalue weighted by atomic mass is 14.9. The van der Waals surface area contributed by atoms with Crippen molar-refractivity contribution in [1.29, 1.82) is 5.26 Å². The van der Waals surface area contributed by atoms with E-state index in [2.05, 4.69) is 18.3 Å². The summed E-state index contributed by atoms with van der Waals surface area (Å²) in [7, 11) is 0. The monoisotopic (exact) mass is 242 g/mol. The SMILES string of the molecule is CC1CCC(NCC(C#N)c2ccccc2)CC1. The topological polar surface area (TPSA) is 35.8 Å². The molecule has 1 aromatic rings. The van der Waals surface area contributed by atoms with E-state index in [1.54, 1.807) is 0 Å². The van der Waals surface area contributed by atoms with E-state index in [-0.39, 0.29) is 5.92 Å². The minimum atomic E-state index is -0.0226. The second kappa shape index (κ2) is 6.56. The average Bonchev–Trinajstić information content (AvgIpc) is 2.43. The molecule has 0 aromatic heterocycles. The molecule has 1 atom stereocenters. The van der Waals surface area contributed by atoms with Gasteiger partial charge in [-0.2, -0.15) is 5.26 Å². The van der Waals surface area contributed by atoms with Crippen LogP contribution in [0.4, 0.5) is 0 Å². The van der Waals surface area contributed by atoms with E-state index in [1.807, 2.05) is 30.3 Å². The van der Waals surface area contributed by atoms with E-state index >= 15 is 0 Å². The van der Waals surface area contributed by atoms with Crippen molar-refractivity contribution < 1.29 is 0 Å². The minimum absolute atomic E-state index is 0.0226. The summed E-state index contributed by atoms with van der Waals surface area (Å²) in [4.78, 5) is 0. The van der Waals surface area contributed by atoms with Gasteiger partial charge in [-0.05, 0) is 37.2 Å². The van der Waals surface area contributed by atoms with Crippen LogP contribution in [0.25, 0.3) is 0 Å². The zero-order chi connectivity index (χ0) is 12.8. The summed E-state index contributed by atoms with van der Waals surface area (Å²) in [6.07, 6.45) is 5.16. The molecule has 96 valence electrons. The fourth-order valence-electron chi connectivity index (χ4n) is 2.67. The van der Waals surface area contributed by atoms with Gasteiger partial charge in [0, 0.05) is 12.6 Å². The van der Waals surface area contributed by atoms with Crippen LogP contribution in [-0.2, 0) is 0 Å². The molecule has 1 unspecified atom stereocenters. The first-order valence-electron chi connectivity index (χ1n) is 6.97. The first kappa shape index (κ1) is 13.1. The molecule has 0 saturated heterocycles. The molecule has 1 aromatic carbocycles. The van der Waals surface area contributed by atoms with E-state index in [4.69, 9.17) is 0 Å². The van der Waals surface area contributed by atoms with Gasteiger partial charge in [-0.3, -0.25) is 0 Å². The molecule has 1 fully saturated rings. The molecule has 0 spiro atoms. The van der Waals surface area contributed by atoms with Crippen LogP contribution in [0.1, 0.15) is 44.1 Å². The van der Waals surface area contributed by atoms with E-state index < -0.39 is 0 Å². The smallest absolute Gasteiger partial charge is 0.0837 e. The van der Waals surface area contributed by atoms with Gasteiger partial charge in [0.05, 0.1) is 12.0 Å². The third-order valence-corrected chi connectivity index (χ3v) is 3.98. The van der Waals surface area contributed by atoms with Gasteiger partial charge < -0.3 is 5.32 Å². The van der Waals surface area contributed by atoms with Gasteiger partial charge in [-0.25, -0.2) is 0 Å². The fraction of sp³-hybridized carbons (Fsp3) is 0.562. The van der Waals surface area contributed by atoms with E-state index in [9.17, 15) is 5.26 Å². The third-order valence-electron chi connectivity index (χ3n) is 3.98. The molecule has 18 heavy (non-hydrogen) atoms. The number of nitrogens with zero attached hydrogens (tertiary/aromatic N) is 1. The highest BCUT2D eigenvalue weighted by molar-refractivity contribution is 5.25. The van der Waals surface area contributed by atoms with Crippen molar-refractivity contribution in [1.82, 2.24) is 5.32 Å². The third kappa shape index (κ3) is 3.58. The summed E-state index contributed by atoms with van der Waals surface area (Å²) in [5, 5.41) is 12.8. The Morgan fingerprint density at radius 3 is 2.50 bits per heavy atom. The number of nitriles is 1. The standard InChI is InChI=1S/C16H22N2/c1-13-7-9-16(10-8-13)18-12-15(11-17)14-5-3-2-4-6-14/h2-6,13,15-16,18H,7-10,12H2,1H3. The van der Waals surface area contributed by atoms with Gasteiger partial charge in [0.25, 0.3) is 0 Å². The highest BCUT2D eigenvalue weighted by Gasteiger charge is 2.19. The Labute approximate surface area is 110 Å². The number of rotatable bonds is 4. The zero-order valence-electron chi connectivity index (χ0n) is 11.1. The predicted molar refractivity (Wildman–Crippen MR) is 74.2 cm³/mol. The first-order valence-corrected chi connectivity index (χ1v) is 6.97. The lowest BCUT2D eigenvalue weighted by molar-refractivity contribution is 0.307. The molecule has 0 heterocycles. The van der Waals surface area contributed by atoms with Crippen LogP contribution < -0.4 is 5.32 Å². The second-order valence-corrected chi connectivity index (χ2v) is 5.46. The molecule has 2 rings (SSSR count). The van der Waals surface area contributed by atoms with Crippen molar-refractivity contribution in [2.45, 2.75) is 44.6 Å². The van der Waals surface area contributed by atoms with Crippen LogP contribution in [0.3, 0.4) is 0 Å². The molecule has 2 heteroatoms. The predicted octanol–water partition coefficient (Wildman–Crippen LogP) is 3.46. The number of hydrogen-bond donors (Lipinski definition) is 1. The zero-order valence-corrected chi connectivity index (χ0v) is 11.1. The van der Waals surface area contributed by atoms with E-state index in [1.165, 1.54) is 25.7 Å². The maximum Gasteiger partial charge on any atom is 0.0837 e. The van der Waals surface area contributed by atoms with Crippen molar-refractivity contribution in [3.05, 3.63) is 35.9 Å². The lowest BCUT2D eigenvalue weighted by Gasteiger charge is -2.27. The Morgan fingerprint density at radius 2 is 1.89 bits per heavy atom. The normalized spacial score (nSPS) is 25.3. The summed E-state index contributed by atoms with van der Waals surface area (Å²) in [6, 6.07) is 13.1. The average molecular weight is 242 g/mol. The molecule has 2 nitrogen and oxygen atoms in total. The summed E-state index contributed by atoms with van der Waals surface area (Å²) < 4.78 is 0. The second-order valence-electron chi connectivity index (χ2n) is 5.46. The van der Waals surface area contributed by atoms with Crippen molar-refractivity contribution in [3.63, 3.8) is 0 Å². The maximum absolute atomic E-state index is 9.26. The van der Waals surface area contributed by atoms with Gasteiger partial charge in [0.2, 0.25) is 0 Å². The highest BCUT2D eigenvalue weighted by Crippen LogP contribution is 2.24. The van der Waals surface area contributed by atoms with Crippen molar-refractivity contribution >= 4 is 0 Å². The Hall–Kier alpha value is -1.33. The van der Waals surface area contributed by atoms with Crippen LogP contribution >= 0.6 is 0 Å². The van der Waals surface area contributed by atoms with Crippen LogP contribution in [0.2, 0.25) is 0 Å². The first-order chi connectivity index (χ1) is 8.79. The van der Waals surface area contributed by atoms with E-state index in [0.29, 0.717) is 6.04 Å². The number of nitrogens with one attached hydrogen (secondary N) is 1. The molecule has 1 aliphatic rings. The molecular weight excluding hydrogens is 220 g/mol. The molecule has 0 radical (unpaired) electrons. The molecular formula is C16H22N2. The summed E-state index contributed by atoms with van der Waals surface area (Å²) in [5.74, 6) is 0.856. The number of hydrogen-bond acceptors (Lipinski definition) is 2. The minimum Gasteiger partial charge on any atom is -0.312 e. The van der Waals surface area contributed by atoms with Gasteiger partial charge >= 0.3 is 0 Å². The van der Waals surface area contributed by atoms with Gasteiger partial charge in [0.1, 0.15) is 0 Å². The van der Waals surface area contributed by atoms with Crippen molar-refractivity contribution in [2.24, 2.45) is 5.92 Å². The Morgan fingerprint density at radius 1 is 1.22 bits per heavy atom. The molecule has 0 aliphatic heterocycles. The fourth-order valence-corrected chi connectivity index (χ4v) is 2.67. The Balaban J connectivity index is 1.83. The quantitative estimate of drug-likeness (QED) is 0.877. The lowest BCUT2D eigenvalue weighted by Crippen LogP contribution is -2.35. The number of benzene rings is 1. The molecule has 1 saturated carbocycles. The molecule has 0 amide bonds. The Kier molecular flexibility index (Phi) is 4.78. The van der Waals surface area contributed by atoms with Crippen molar-refractivity contribution in [2.75, 3.05) is 6.54 Å². The van der Waals surface area contributed by atoms with Gasteiger partial charge in [0.15, 0.2) is 0 Å². The van der Waals surface area contributed by atoms with E-state index in [0.717, 1.165) is 18.0 Å². The summed E-state index contributed by atoms with van der Waals surface area (Å²) >= 11 is 0. The molecule has 1 N–H and O–H groups in total. The molecule has 1 aliphatic carbocycles. The lowest BCUT2D eigenvalue weighted by atomic mass is 9.87. The van der Waals surface area contributed by atoms with Crippen LogP contribution in [0.15, 0.2) is 30.3 Å². The van der Waals surface area contributed by atoms with Gasteiger partial charge in [-0.15, -0.1) is 0 Å². The maximum atomic E-state index is 9.26. The van der Waals surface area contributed by atoms with Crippen LogP contribution in [0, 0.1) is 17.2 Å². The van der Waals surface area contributed by atoms with Crippen LogP contribution in [0.5, 0.6) is 0 Å². The molecule has 0 bridgehead atoms. The van der Waals surface area contributed by atoms with Crippen molar-refractivity contribution in [3.8, 4) is 6.07 Å². The van der Waals surface area contributed by atoms with Crippen LogP contribution in [-0.4, -0.2) is 12.6 Å².